The standard InChI is InChI=1S/C12H8Cl2N2O3/c13-8-1-6(4-15)2-9(14)11(8)16-5-7(12(18)19)3-10(16)17/h1-2,7H,3,5H2,(H,18,19). The highest BCUT2D eigenvalue weighted by Gasteiger charge is 2.36. The number of halogens is 2. The van der Waals surface area contributed by atoms with Gasteiger partial charge in [0.05, 0.1) is 33.3 Å². The van der Waals surface area contributed by atoms with Gasteiger partial charge in [0.25, 0.3) is 0 Å². The van der Waals surface area contributed by atoms with Gasteiger partial charge in [0.2, 0.25) is 5.91 Å². The van der Waals surface area contributed by atoms with Gasteiger partial charge in [-0.1, -0.05) is 23.2 Å². The van der Waals surface area contributed by atoms with Gasteiger partial charge >= 0.3 is 5.97 Å². The van der Waals surface area contributed by atoms with Gasteiger partial charge in [0, 0.05) is 13.0 Å². The highest BCUT2D eigenvalue weighted by atomic mass is 35.5. The first kappa shape index (κ1) is 13.7. The number of carbonyl (C=O) groups excluding carboxylic acids is 1. The van der Waals surface area contributed by atoms with Crippen LogP contribution in [0.2, 0.25) is 10.0 Å². The van der Waals surface area contributed by atoms with Crippen molar-refractivity contribution in [2.45, 2.75) is 6.42 Å². The van der Waals surface area contributed by atoms with E-state index in [4.69, 9.17) is 33.6 Å². The van der Waals surface area contributed by atoms with E-state index in [1.807, 2.05) is 6.07 Å². The molecular formula is C12H8Cl2N2O3. The van der Waals surface area contributed by atoms with Crippen molar-refractivity contribution < 1.29 is 14.7 Å². The van der Waals surface area contributed by atoms with Gasteiger partial charge in [0.1, 0.15) is 0 Å². The number of carboxylic acid groups (broad SMARTS) is 1. The van der Waals surface area contributed by atoms with Gasteiger partial charge < -0.3 is 10.0 Å². The van der Waals surface area contributed by atoms with Crippen LogP contribution in [0.25, 0.3) is 0 Å². The zero-order chi connectivity index (χ0) is 14.2. The van der Waals surface area contributed by atoms with E-state index in [-0.39, 0.29) is 40.2 Å². The molecular weight excluding hydrogens is 291 g/mol. The third-order valence-corrected chi connectivity index (χ3v) is 3.47. The smallest absolute Gasteiger partial charge is 0.308 e. The lowest BCUT2D eigenvalue weighted by Crippen LogP contribution is -2.26. The predicted octanol–water partition coefficient (Wildman–Crippen LogP) is 2.30. The highest BCUT2D eigenvalue weighted by molar-refractivity contribution is 6.40. The maximum Gasteiger partial charge on any atom is 0.308 e. The Bertz CT molecular complexity index is 586. The summed E-state index contributed by atoms with van der Waals surface area (Å²) in [6.07, 6.45) is -0.0814. The molecule has 7 heteroatoms. The molecule has 1 fully saturated rings. The average molecular weight is 299 g/mol. The van der Waals surface area contributed by atoms with Crippen molar-refractivity contribution in [1.29, 1.82) is 5.26 Å². The molecule has 19 heavy (non-hydrogen) atoms. The number of carboxylic acids is 1. The fourth-order valence-electron chi connectivity index (χ4n) is 1.98. The van der Waals surface area contributed by atoms with Crippen molar-refractivity contribution in [2.75, 3.05) is 11.4 Å². The van der Waals surface area contributed by atoms with Crippen LogP contribution in [0.5, 0.6) is 0 Å². The van der Waals surface area contributed by atoms with E-state index in [0.717, 1.165) is 0 Å². The minimum Gasteiger partial charge on any atom is -0.481 e. The number of hydrogen-bond acceptors (Lipinski definition) is 3. The van der Waals surface area contributed by atoms with E-state index in [1.54, 1.807) is 0 Å². The lowest BCUT2D eigenvalue weighted by Gasteiger charge is -2.19. The molecule has 1 saturated heterocycles. The molecule has 98 valence electrons. The summed E-state index contributed by atoms with van der Waals surface area (Å²) in [6.45, 7) is 0.0273. The minimum atomic E-state index is -1.03. The second-order valence-corrected chi connectivity index (χ2v) is 4.96. The summed E-state index contributed by atoms with van der Waals surface area (Å²) in [5, 5.41) is 18.0. The second kappa shape index (κ2) is 5.08. The first-order valence-corrected chi connectivity index (χ1v) is 6.12. The van der Waals surface area contributed by atoms with Crippen molar-refractivity contribution in [2.24, 2.45) is 5.92 Å². The highest BCUT2D eigenvalue weighted by Crippen LogP contribution is 2.38. The molecule has 1 unspecified atom stereocenters. The molecule has 0 bridgehead atoms. The zero-order valence-corrected chi connectivity index (χ0v) is 11.1. The number of benzene rings is 1. The van der Waals surface area contributed by atoms with Crippen LogP contribution in [0.3, 0.4) is 0 Å². The molecule has 0 saturated carbocycles. The van der Waals surface area contributed by atoms with Crippen molar-refractivity contribution >= 4 is 40.8 Å². The summed E-state index contributed by atoms with van der Waals surface area (Å²) in [5.41, 5.74) is 0.538. The first-order valence-electron chi connectivity index (χ1n) is 5.36. The number of aliphatic carboxylic acids is 1. The van der Waals surface area contributed by atoms with Crippen LogP contribution in [0.4, 0.5) is 5.69 Å². The zero-order valence-electron chi connectivity index (χ0n) is 9.56. The lowest BCUT2D eigenvalue weighted by molar-refractivity contribution is -0.141. The van der Waals surface area contributed by atoms with Gasteiger partial charge in [0.15, 0.2) is 0 Å². The van der Waals surface area contributed by atoms with Crippen LogP contribution in [0, 0.1) is 17.2 Å². The Kier molecular flexibility index (Phi) is 3.65. The van der Waals surface area contributed by atoms with E-state index in [0.29, 0.717) is 0 Å². The summed E-state index contributed by atoms with van der Waals surface area (Å²) in [5.74, 6) is -2.15. The van der Waals surface area contributed by atoms with Crippen LogP contribution < -0.4 is 4.90 Å². The van der Waals surface area contributed by atoms with Crippen molar-refractivity contribution in [1.82, 2.24) is 0 Å². The third kappa shape index (κ3) is 2.50. The molecule has 1 aromatic rings. The number of nitrogens with zero attached hydrogens (tertiary/aromatic N) is 2. The molecule has 0 aliphatic carbocycles. The number of hydrogen-bond donors (Lipinski definition) is 1. The van der Waals surface area contributed by atoms with Crippen LogP contribution >= 0.6 is 23.2 Å². The Morgan fingerprint density at radius 3 is 2.42 bits per heavy atom. The monoisotopic (exact) mass is 298 g/mol. The van der Waals surface area contributed by atoms with E-state index >= 15 is 0 Å². The summed E-state index contributed by atoms with van der Waals surface area (Å²) in [4.78, 5) is 24.0. The molecule has 0 radical (unpaired) electrons. The molecule has 1 heterocycles. The van der Waals surface area contributed by atoms with Crippen molar-refractivity contribution in [3.05, 3.63) is 27.7 Å². The Balaban J connectivity index is 2.41. The molecule has 5 nitrogen and oxygen atoms in total. The normalized spacial score (nSPS) is 18.5. The molecule has 0 spiro atoms. The Morgan fingerprint density at radius 2 is 2.00 bits per heavy atom. The summed E-state index contributed by atoms with van der Waals surface area (Å²) in [6, 6.07) is 4.68. The summed E-state index contributed by atoms with van der Waals surface area (Å²) < 4.78 is 0. The Labute approximate surface area is 118 Å². The van der Waals surface area contributed by atoms with Gasteiger partial charge in [-0.25, -0.2) is 0 Å². The number of carbonyl (C=O) groups is 2. The van der Waals surface area contributed by atoms with E-state index < -0.39 is 11.9 Å². The summed E-state index contributed by atoms with van der Waals surface area (Å²) >= 11 is 12.0. The van der Waals surface area contributed by atoms with Gasteiger partial charge in [-0.15, -0.1) is 0 Å². The molecule has 1 amide bonds. The first-order chi connectivity index (χ1) is 8.93. The van der Waals surface area contributed by atoms with Gasteiger partial charge in [-0.05, 0) is 12.1 Å². The van der Waals surface area contributed by atoms with Crippen molar-refractivity contribution in [3.63, 3.8) is 0 Å². The van der Waals surface area contributed by atoms with Gasteiger partial charge in [-0.3, -0.25) is 9.59 Å². The van der Waals surface area contributed by atoms with Gasteiger partial charge in [-0.2, -0.15) is 5.26 Å². The number of nitriles is 1. The molecule has 1 atom stereocenters. The van der Waals surface area contributed by atoms with Crippen LogP contribution in [-0.2, 0) is 9.59 Å². The minimum absolute atomic E-state index is 0.0273. The van der Waals surface area contributed by atoms with Crippen molar-refractivity contribution in [3.8, 4) is 6.07 Å². The molecule has 1 aromatic carbocycles. The third-order valence-electron chi connectivity index (χ3n) is 2.89. The summed E-state index contributed by atoms with van der Waals surface area (Å²) in [7, 11) is 0. The lowest BCUT2D eigenvalue weighted by atomic mass is 10.1. The quantitative estimate of drug-likeness (QED) is 0.908. The molecule has 1 N–H and O–H groups in total. The number of amides is 1. The maximum absolute atomic E-state index is 11.8. The van der Waals surface area contributed by atoms with E-state index in [9.17, 15) is 9.59 Å². The Morgan fingerprint density at radius 1 is 1.42 bits per heavy atom. The van der Waals surface area contributed by atoms with E-state index in [1.165, 1.54) is 17.0 Å². The van der Waals surface area contributed by atoms with Crippen LogP contribution in [0.15, 0.2) is 12.1 Å². The van der Waals surface area contributed by atoms with Crippen LogP contribution in [0.1, 0.15) is 12.0 Å². The SMILES string of the molecule is N#Cc1cc(Cl)c(N2CC(C(=O)O)CC2=O)c(Cl)c1. The second-order valence-electron chi connectivity index (χ2n) is 4.14. The largest absolute Gasteiger partial charge is 0.481 e. The number of rotatable bonds is 2. The molecule has 2 rings (SSSR count). The molecule has 1 aliphatic heterocycles. The topological polar surface area (TPSA) is 81.4 Å². The Hall–Kier alpha value is -1.77. The fraction of sp³-hybridized carbons (Fsp3) is 0.250. The maximum atomic E-state index is 11.8. The van der Waals surface area contributed by atoms with E-state index in [2.05, 4.69) is 0 Å². The average Bonchev–Trinajstić information content (AvgIpc) is 2.71. The van der Waals surface area contributed by atoms with Crippen LogP contribution in [-0.4, -0.2) is 23.5 Å². The number of anilines is 1. The fourth-order valence-corrected chi connectivity index (χ4v) is 2.67. The molecule has 0 aromatic heterocycles. The predicted molar refractivity (Wildman–Crippen MR) is 69.3 cm³/mol. The molecule has 1 aliphatic rings.